The zero-order valence-corrected chi connectivity index (χ0v) is 4.90. The summed E-state index contributed by atoms with van der Waals surface area (Å²) in [7, 11) is -3.67. The van der Waals surface area contributed by atoms with Gasteiger partial charge >= 0.3 is 51.4 Å². The SMILES string of the molecule is CCCS(=O)(=O)O.[KH]. The quantitative estimate of drug-likeness (QED) is 0.448. The van der Waals surface area contributed by atoms with Crippen molar-refractivity contribution in [3.8, 4) is 0 Å². The second kappa shape index (κ2) is 5.34. The van der Waals surface area contributed by atoms with Crippen molar-refractivity contribution in [2.75, 3.05) is 5.75 Å². The predicted octanol–water partition coefficient (Wildman–Crippen LogP) is -0.364. The van der Waals surface area contributed by atoms with E-state index in [2.05, 4.69) is 0 Å². The molecule has 0 atom stereocenters. The molecule has 0 aromatic rings. The van der Waals surface area contributed by atoms with Crippen molar-refractivity contribution in [3.05, 3.63) is 0 Å². The maximum atomic E-state index is 9.79. The summed E-state index contributed by atoms with van der Waals surface area (Å²) in [6, 6.07) is 0. The Hall–Kier alpha value is 1.55. The fourth-order valence-electron chi connectivity index (χ4n) is 0.258. The van der Waals surface area contributed by atoms with Gasteiger partial charge in [0.05, 0.1) is 5.75 Å². The molecular weight excluding hydrogens is 155 g/mol. The van der Waals surface area contributed by atoms with E-state index in [0.29, 0.717) is 6.42 Å². The van der Waals surface area contributed by atoms with Gasteiger partial charge in [0, 0.05) is 0 Å². The molecule has 0 aromatic carbocycles. The Morgan fingerprint density at radius 1 is 1.50 bits per heavy atom. The molecule has 0 spiro atoms. The molecule has 0 rings (SSSR count). The zero-order valence-electron chi connectivity index (χ0n) is 4.09. The minimum absolute atomic E-state index is 0. The van der Waals surface area contributed by atoms with E-state index >= 15 is 0 Å². The second-order valence-corrected chi connectivity index (χ2v) is 2.86. The molecule has 0 saturated carbocycles. The van der Waals surface area contributed by atoms with E-state index in [0.717, 1.165) is 0 Å². The van der Waals surface area contributed by atoms with E-state index in [1.165, 1.54) is 0 Å². The Labute approximate surface area is 92.0 Å². The molecule has 0 aliphatic rings. The van der Waals surface area contributed by atoms with Crippen LogP contribution in [-0.4, -0.2) is 70.1 Å². The van der Waals surface area contributed by atoms with Crippen LogP contribution >= 0.6 is 0 Å². The van der Waals surface area contributed by atoms with Crippen LogP contribution in [0.15, 0.2) is 0 Å². The summed E-state index contributed by atoms with van der Waals surface area (Å²) >= 11 is 0. The number of rotatable bonds is 2. The third-order valence-corrected chi connectivity index (χ3v) is 1.39. The third kappa shape index (κ3) is 10.5. The second-order valence-electron chi connectivity index (χ2n) is 1.29. The summed E-state index contributed by atoms with van der Waals surface area (Å²) in [5, 5.41) is 0. The van der Waals surface area contributed by atoms with Gasteiger partial charge in [0.25, 0.3) is 10.1 Å². The van der Waals surface area contributed by atoms with Crippen LogP contribution in [0.2, 0.25) is 0 Å². The van der Waals surface area contributed by atoms with E-state index in [1.807, 2.05) is 0 Å². The van der Waals surface area contributed by atoms with Crippen LogP contribution in [0, 0.1) is 0 Å². The molecule has 0 bridgehead atoms. The molecule has 0 aliphatic heterocycles. The molecule has 3 nitrogen and oxygen atoms in total. The van der Waals surface area contributed by atoms with Gasteiger partial charge in [-0.3, -0.25) is 4.55 Å². The number of hydrogen-bond donors (Lipinski definition) is 1. The topological polar surface area (TPSA) is 54.4 Å². The van der Waals surface area contributed by atoms with Crippen molar-refractivity contribution >= 4 is 61.5 Å². The maximum absolute atomic E-state index is 9.79. The Morgan fingerprint density at radius 3 is 1.88 bits per heavy atom. The van der Waals surface area contributed by atoms with Gasteiger partial charge in [0.15, 0.2) is 0 Å². The molecule has 0 amide bonds. The Bertz CT molecular complexity index is 127. The summed E-state index contributed by atoms with van der Waals surface area (Å²) in [5.41, 5.74) is 0. The molecule has 5 heteroatoms. The van der Waals surface area contributed by atoms with Crippen molar-refractivity contribution < 1.29 is 13.0 Å². The van der Waals surface area contributed by atoms with Crippen LogP contribution in [0.1, 0.15) is 13.3 Å². The summed E-state index contributed by atoms with van der Waals surface area (Å²) in [6.07, 6.45) is 0.471. The van der Waals surface area contributed by atoms with Gasteiger partial charge < -0.3 is 0 Å². The van der Waals surface area contributed by atoms with Gasteiger partial charge in [-0.2, -0.15) is 8.42 Å². The standard InChI is InChI=1S/C3H8O3S.K.H/c1-2-3-7(4,5)6;;/h2-3H2,1H3,(H,4,5,6);;. The minimum atomic E-state index is -3.67. The van der Waals surface area contributed by atoms with Crippen molar-refractivity contribution in [3.63, 3.8) is 0 Å². The zero-order chi connectivity index (χ0) is 5.91. The molecule has 46 valence electrons. The average molecular weight is 164 g/mol. The van der Waals surface area contributed by atoms with E-state index in [-0.39, 0.29) is 57.1 Å². The van der Waals surface area contributed by atoms with Crippen LogP contribution in [0.5, 0.6) is 0 Å². The van der Waals surface area contributed by atoms with Gasteiger partial charge in [0.1, 0.15) is 0 Å². The molecule has 0 fully saturated rings. The summed E-state index contributed by atoms with van der Waals surface area (Å²) in [4.78, 5) is 0. The first-order valence-corrected chi connectivity index (χ1v) is 3.62. The average Bonchev–Trinajstić information content (AvgIpc) is 1.30. The number of hydrogen-bond acceptors (Lipinski definition) is 2. The van der Waals surface area contributed by atoms with E-state index < -0.39 is 10.1 Å². The van der Waals surface area contributed by atoms with Gasteiger partial charge in [-0.25, -0.2) is 0 Å². The van der Waals surface area contributed by atoms with Gasteiger partial charge in [-0.05, 0) is 6.42 Å². The third-order valence-electron chi connectivity index (χ3n) is 0.462. The van der Waals surface area contributed by atoms with Crippen LogP contribution in [0.4, 0.5) is 0 Å². The molecule has 0 heterocycles. The Balaban J connectivity index is 0. The monoisotopic (exact) mass is 164 g/mol. The van der Waals surface area contributed by atoms with E-state index in [4.69, 9.17) is 4.55 Å². The summed E-state index contributed by atoms with van der Waals surface area (Å²) < 4.78 is 27.6. The van der Waals surface area contributed by atoms with Crippen LogP contribution in [0.3, 0.4) is 0 Å². The summed E-state index contributed by atoms with van der Waals surface area (Å²) in [6.45, 7) is 1.69. The molecule has 8 heavy (non-hydrogen) atoms. The summed E-state index contributed by atoms with van der Waals surface area (Å²) in [5.74, 6) is -0.132. The van der Waals surface area contributed by atoms with Crippen molar-refractivity contribution in [1.29, 1.82) is 0 Å². The normalized spacial score (nSPS) is 10.2. The molecule has 0 unspecified atom stereocenters. The van der Waals surface area contributed by atoms with Crippen LogP contribution in [0.25, 0.3) is 0 Å². The van der Waals surface area contributed by atoms with Gasteiger partial charge in [-0.1, -0.05) is 6.92 Å². The molecule has 0 radical (unpaired) electrons. The van der Waals surface area contributed by atoms with Crippen molar-refractivity contribution in [2.24, 2.45) is 0 Å². The van der Waals surface area contributed by atoms with Gasteiger partial charge in [0.2, 0.25) is 0 Å². The Morgan fingerprint density at radius 2 is 1.88 bits per heavy atom. The molecule has 0 aromatic heterocycles. The van der Waals surface area contributed by atoms with E-state index in [9.17, 15) is 8.42 Å². The van der Waals surface area contributed by atoms with Gasteiger partial charge in [-0.15, -0.1) is 0 Å². The van der Waals surface area contributed by atoms with E-state index in [1.54, 1.807) is 6.92 Å². The van der Waals surface area contributed by atoms with Crippen LogP contribution in [-0.2, 0) is 10.1 Å². The first-order chi connectivity index (χ1) is 3.06. The van der Waals surface area contributed by atoms with Crippen molar-refractivity contribution in [2.45, 2.75) is 13.3 Å². The molecule has 0 aliphatic carbocycles. The van der Waals surface area contributed by atoms with Crippen molar-refractivity contribution in [1.82, 2.24) is 0 Å². The first kappa shape index (κ1) is 12.2. The first-order valence-electron chi connectivity index (χ1n) is 2.01. The predicted molar refractivity (Wildman–Crippen MR) is 33.9 cm³/mol. The molecule has 0 saturated heterocycles. The molecular formula is C3H9KO3S. The molecule has 1 N–H and O–H groups in total. The fraction of sp³-hybridized carbons (Fsp3) is 1.00. The Kier molecular flexibility index (Phi) is 8.17. The van der Waals surface area contributed by atoms with Crippen LogP contribution < -0.4 is 0 Å². The fourth-order valence-corrected chi connectivity index (χ4v) is 0.774.